The van der Waals surface area contributed by atoms with Crippen molar-refractivity contribution in [2.45, 2.75) is 53.2 Å². The first-order valence-corrected chi connectivity index (χ1v) is 22.1. The fraction of sp³-hybridized carbons (Fsp3) is 0.360. The SMILES string of the molecule is CCn1cc(C(=O)O)c(=O)c2cc(F)c(N3CCN(Cc4cccc(COC)c4)CC3)cc21.CCn1cc(C(=O)O)c(=O)c2cc(F)c(N3CCN(Cc4cccc(COC)c4)CC3)cc21.Cl. The van der Waals surface area contributed by atoms with E-state index in [0.717, 1.165) is 50.4 Å². The topological polar surface area (TPSA) is 150 Å². The lowest BCUT2D eigenvalue weighted by molar-refractivity contribution is 0.0684. The lowest BCUT2D eigenvalue weighted by Gasteiger charge is -2.36. The maximum absolute atomic E-state index is 15.1. The van der Waals surface area contributed by atoms with E-state index in [9.17, 15) is 29.4 Å². The van der Waals surface area contributed by atoms with Crippen LogP contribution in [-0.2, 0) is 48.9 Å². The summed E-state index contributed by atoms with van der Waals surface area (Å²) in [6.45, 7) is 13.2. The summed E-state index contributed by atoms with van der Waals surface area (Å²) in [6, 6.07) is 22.4. The number of piperazine rings is 2. The van der Waals surface area contributed by atoms with E-state index >= 15 is 8.78 Å². The van der Waals surface area contributed by atoms with E-state index in [1.807, 2.05) is 47.9 Å². The molecule has 2 saturated heterocycles. The van der Waals surface area contributed by atoms with Gasteiger partial charge in [-0.3, -0.25) is 19.4 Å². The number of carbonyl (C=O) groups is 2. The van der Waals surface area contributed by atoms with E-state index in [1.165, 1.54) is 35.7 Å². The Morgan fingerprint density at radius 2 is 0.925 bits per heavy atom. The zero-order chi connectivity index (χ0) is 47.1. The van der Waals surface area contributed by atoms with Crippen LogP contribution in [0.1, 0.15) is 56.8 Å². The molecule has 4 aromatic carbocycles. The molecule has 2 fully saturated rings. The second-order valence-electron chi connectivity index (χ2n) is 16.6. The molecule has 8 rings (SSSR count). The molecule has 0 aliphatic carbocycles. The van der Waals surface area contributed by atoms with Crippen molar-refractivity contribution in [1.82, 2.24) is 18.9 Å². The molecule has 0 amide bonds. The number of aromatic nitrogens is 2. The van der Waals surface area contributed by atoms with Crippen molar-refractivity contribution >= 4 is 57.5 Å². The third-order valence-electron chi connectivity index (χ3n) is 12.3. The first kappa shape index (κ1) is 50.2. The Labute approximate surface area is 393 Å². The number of aromatic carboxylic acids is 2. The minimum atomic E-state index is -1.31. The second kappa shape index (κ2) is 22.5. The maximum Gasteiger partial charge on any atom is 0.341 e. The zero-order valence-corrected chi connectivity index (χ0v) is 39.0. The van der Waals surface area contributed by atoms with Crippen molar-refractivity contribution in [3.63, 3.8) is 0 Å². The fourth-order valence-corrected chi connectivity index (χ4v) is 8.89. The smallest absolute Gasteiger partial charge is 0.341 e. The van der Waals surface area contributed by atoms with E-state index in [4.69, 9.17) is 9.47 Å². The van der Waals surface area contributed by atoms with Gasteiger partial charge in [0.15, 0.2) is 0 Å². The molecule has 2 aliphatic heterocycles. The van der Waals surface area contributed by atoms with Crippen LogP contribution in [0.3, 0.4) is 0 Å². The van der Waals surface area contributed by atoms with Gasteiger partial charge in [-0.25, -0.2) is 18.4 Å². The summed E-state index contributed by atoms with van der Waals surface area (Å²) in [7, 11) is 3.37. The molecule has 0 bridgehead atoms. The van der Waals surface area contributed by atoms with E-state index in [0.29, 0.717) is 74.9 Å². The number of hydrogen-bond acceptors (Lipinski definition) is 10. The van der Waals surface area contributed by atoms with Crippen molar-refractivity contribution < 1.29 is 38.1 Å². The Balaban J connectivity index is 0.000000218. The predicted octanol–water partition coefficient (Wildman–Crippen LogP) is 7.08. The lowest BCUT2D eigenvalue weighted by atomic mass is 10.1. The van der Waals surface area contributed by atoms with Crippen LogP contribution in [0.4, 0.5) is 20.2 Å². The number of benzene rings is 4. The average molecular weight is 943 g/mol. The number of ether oxygens (including phenoxy) is 2. The highest BCUT2D eigenvalue weighted by Crippen LogP contribution is 2.29. The Hall–Kier alpha value is -6.17. The molecule has 14 nitrogen and oxygen atoms in total. The van der Waals surface area contributed by atoms with Gasteiger partial charge in [-0.2, -0.15) is 0 Å². The molecule has 17 heteroatoms. The highest BCUT2D eigenvalue weighted by Gasteiger charge is 2.25. The van der Waals surface area contributed by atoms with Crippen LogP contribution in [0.25, 0.3) is 21.8 Å². The number of fused-ring (bicyclic) bond motifs is 2. The predicted molar refractivity (Wildman–Crippen MR) is 258 cm³/mol. The summed E-state index contributed by atoms with van der Waals surface area (Å²) in [4.78, 5) is 56.6. The van der Waals surface area contributed by atoms with Crippen LogP contribution in [0.2, 0.25) is 0 Å². The monoisotopic (exact) mass is 942 g/mol. The molecule has 0 saturated carbocycles. The van der Waals surface area contributed by atoms with Crippen LogP contribution in [0.15, 0.2) is 94.8 Å². The summed E-state index contributed by atoms with van der Waals surface area (Å²) in [5, 5.41) is 18.8. The van der Waals surface area contributed by atoms with Gasteiger partial charge in [-0.05, 0) is 60.4 Å². The van der Waals surface area contributed by atoms with Crippen molar-refractivity contribution in [1.29, 1.82) is 0 Å². The van der Waals surface area contributed by atoms with Gasteiger partial charge in [-0.1, -0.05) is 48.5 Å². The standard InChI is InChI=1S/2C25H28FN3O4.ClH/c2*1-3-28-15-20(25(31)32)24(30)19-12-21(26)23(13-22(19)28)29-9-7-27(8-10-29)14-17-5-4-6-18(11-17)16-33-2;/h2*4-6,11-13,15H,3,7-10,14,16H2,1-2H3,(H,31,32);1H. The summed E-state index contributed by atoms with van der Waals surface area (Å²) in [6.07, 6.45) is 2.68. The quantitative estimate of drug-likeness (QED) is 0.115. The summed E-state index contributed by atoms with van der Waals surface area (Å²) in [5.41, 5.74) is 4.66. The van der Waals surface area contributed by atoms with Gasteiger partial charge in [0.2, 0.25) is 10.9 Å². The van der Waals surface area contributed by atoms with Crippen LogP contribution in [0.5, 0.6) is 0 Å². The molecular formula is C50H57ClF2N6O8. The fourth-order valence-electron chi connectivity index (χ4n) is 8.89. The van der Waals surface area contributed by atoms with Gasteiger partial charge in [0.25, 0.3) is 0 Å². The van der Waals surface area contributed by atoms with Gasteiger partial charge in [0.1, 0.15) is 22.8 Å². The van der Waals surface area contributed by atoms with E-state index in [1.54, 1.807) is 35.5 Å². The van der Waals surface area contributed by atoms with Crippen molar-refractivity contribution in [2.75, 3.05) is 76.4 Å². The molecule has 67 heavy (non-hydrogen) atoms. The Morgan fingerprint density at radius 3 is 1.25 bits per heavy atom. The number of nitrogens with zero attached hydrogens (tertiary/aromatic N) is 6. The molecular weight excluding hydrogens is 886 g/mol. The highest BCUT2D eigenvalue weighted by molar-refractivity contribution is 5.94. The molecule has 2 aromatic heterocycles. The summed E-state index contributed by atoms with van der Waals surface area (Å²) in [5.74, 6) is -3.63. The van der Waals surface area contributed by atoms with Crippen LogP contribution in [-0.4, -0.2) is 108 Å². The molecule has 356 valence electrons. The van der Waals surface area contributed by atoms with Crippen molar-refractivity contribution in [3.8, 4) is 0 Å². The number of carboxylic acids is 2. The van der Waals surface area contributed by atoms with Crippen LogP contribution >= 0.6 is 12.4 Å². The molecule has 0 unspecified atom stereocenters. The van der Waals surface area contributed by atoms with Gasteiger partial charge in [-0.15, -0.1) is 12.4 Å². The first-order chi connectivity index (χ1) is 31.8. The van der Waals surface area contributed by atoms with Gasteiger partial charge in [0, 0.05) is 116 Å². The number of anilines is 2. The summed E-state index contributed by atoms with van der Waals surface area (Å²) >= 11 is 0. The van der Waals surface area contributed by atoms with Crippen LogP contribution < -0.4 is 20.7 Å². The molecule has 2 aliphatic rings. The normalized spacial score (nSPS) is 14.5. The Bertz CT molecular complexity index is 2660. The molecule has 2 N–H and O–H groups in total. The average Bonchev–Trinajstić information content (AvgIpc) is 3.30. The van der Waals surface area contributed by atoms with Gasteiger partial charge in [0.05, 0.1) is 35.6 Å². The van der Waals surface area contributed by atoms with E-state index in [2.05, 4.69) is 34.1 Å². The summed E-state index contributed by atoms with van der Waals surface area (Å²) < 4.78 is 43.9. The molecule has 0 radical (unpaired) electrons. The molecule has 6 aromatic rings. The van der Waals surface area contributed by atoms with Crippen molar-refractivity contribution in [3.05, 3.63) is 151 Å². The first-order valence-electron chi connectivity index (χ1n) is 22.1. The van der Waals surface area contributed by atoms with Gasteiger partial charge < -0.3 is 38.6 Å². The number of hydrogen-bond donors (Lipinski definition) is 2. The molecule has 0 atom stereocenters. The number of rotatable bonds is 14. The second-order valence-corrected chi connectivity index (χ2v) is 16.6. The minimum absolute atomic E-state index is 0. The largest absolute Gasteiger partial charge is 0.477 e. The van der Waals surface area contributed by atoms with Crippen LogP contribution in [0, 0.1) is 11.6 Å². The Kier molecular flexibility index (Phi) is 16.9. The lowest BCUT2D eigenvalue weighted by Crippen LogP contribution is -2.46. The number of methoxy groups -OCH3 is 2. The maximum atomic E-state index is 15.1. The zero-order valence-electron chi connectivity index (χ0n) is 38.2. The number of pyridine rings is 2. The number of aryl methyl sites for hydroxylation is 2. The minimum Gasteiger partial charge on any atom is -0.477 e. The Morgan fingerprint density at radius 1 is 0.567 bits per heavy atom. The van der Waals surface area contributed by atoms with Crippen molar-refractivity contribution in [2.24, 2.45) is 0 Å². The number of halogens is 3. The molecule has 4 heterocycles. The third kappa shape index (κ3) is 11.5. The van der Waals surface area contributed by atoms with Gasteiger partial charge >= 0.3 is 11.9 Å². The molecule has 0 spiro atoms. The van der Waals surface area contributed by atoms with E-state index in [-0.39, 0.29) is 34.3 Å². The van der Waals surface area contributed by atoms with E-state index < -0.39 is 34.4 Å². The third-order valence-corrected chi connectivity index (χ3v) is 12.3. The highest BCUT2D eigenvalue weighted by atomic mass is 35.5. The number of carboxylic acid groups (broad SMARTS) is 2.